The second-order valence-corrected chi connectivity index (χ2v) is 7.24. The average molecular weight is 304 g/mol. The molecule has 1 saturated heterocycles. The number of allylic oxidation sites excluding steroid dienone is 2. The van der Waals surface area contributed by atoms with Gasteiger partial charge in [0.05, 0.1) is 12.4 Å². The van der Waals surface area contributed by atoms with E-state index in [1.54, 1.807) is 0 Å². The summed E-state index contributed by atoms with van der Waals surface area (Å²) in [6.07, 6.45) is 3.04. The fourth-order valence-corrected chi connectivity index (χ4v) is 4.50. The lowest BCUT2D eigenvalue weighted by Gasteiger charge is -2.28. The van der Waals surface area contributed by atoms with Crippen LogP contribution < -0.4 is 0 Å². The summed E-state index contributed by atoms with van der Waals surface area (Å²) in [4.78, 5) is 0. The largest absolute Gasteiger partial charge is 0.501 e. The van der Waals surface area contributed by atoms with Gasteiger partial charge in [0.25, 0.3) is 0 Å². The van der Waals surface area contributed by atoms with Gasteiger partial charge in [0.15, 0.2) is 0 Å². The van der Waals surface area contributed by atoms with Crippen molar-refractivity contribution in [1.82, 2.24) is 0 Å². The zero-order chi connectivity index (χ0) is 14.8. The molecule has 0 saturated carbocycles. The van der Waals surface area contributed by atoms with E-state index in [2.05, 4.69) is 0 Å². The molecule has 0 aromatic heterocycles. The van der Waals surface area contributed by atoms with Crippen LogP contribution in [0.3, 0.4) is 0 Å². The Labute approximate surface area is 123 Å². The number of hydrogen-bond acceptors (Lipinski definition) is 5. The van der Waals surface area contributed by atoms with Crippen molar-refractivity contribution < 1.29 is 22.8 Å². The first-order valence-electron chi connectivity index (χ1n) is 7.51. The molecule has 0 spiro atoms. The van der Waals surface area contributed by atoms with Gasteiger partial charge in [-0.3, -0.25) is 0 Å². The Morgan fingerprint density at radius 3 is 2.10 bits per heavy atom. The monoisotopic (exact) mass is 304 g/mol. The summed E-state index contributed by atoms with van der Waals surface area (Å²) in [7, 11) is -2.57. The van der Waals surface area contributed by atoms with E-state index < -0.39 is 8.80 Å². The van der Waals surface area contributed by atoms with E-state index in [0.29, 0.717) is 26.4 Å². The molecule has 1 heterocycles. The number of epoxide rings is 1. The predicted octanol–water partition coefficient (Wildman–Crippen LogP) is 2.74. The van der Waals surface area contributed by atoms with Crippen molar-refractivity contribution in [2.75, 3.05) is 33.0 Å². The third-order valence-electron chi connectivity index (χ3n) is 2.95. The molecule has 1 aliphatic heterocycles. The van der Waals surface area contributed by atoms with Gasteiger partial charge in [-0.1, -0.05) is 0 Å². The smallest absolute Gasteiger partial charge is 0.495 e. The summed E-state index contributed by atoms with van der Waals surface area (Å²) in [6, 6.07) is 0.744. The topological polar surface area (TPSA) is 49.5 Å². The Kier molecular flexibility index (Phi) is 8.40. The highest BCUT2D eigenvalue weighted by atomic mass is 28.4. The van der Waals surface area contributed by atoms with Crippen LogP contribution in [0, 0.1) is 0 Å². The van der Waals surface area contributed by atoms with Crippen LogP contribution in [0.5, 0.6) is 0 Å². The first kappa shape index (κ1) is 17.6. The Morgan fingerprint density at radius 2 is 1.70 bits per heavy atom. The lowest BCUT2D eigenvalue weighted by atomic mass is 10.3. The molecule has 0 aliphatic carbocycles. The molecule has 0 bridgehead atoms. The van der Waals surface area contributed by atoms with Gasteiger partial charge in [-0.15, -0.1) is 0 Å². The first-order valence-corrected chi connectivity index (χ1v) is 9.44. The summed E-state index contributed by atoms with van der Waals surface area (Å²) in [5.74, 6) is 0.955. The van der Waals surface area contributed by atoms with Gasteiger partial charge >= 0.3 is 8.80 Å². The van der Waals surface area contributed by atoms with Crippen molar-refractivity contribution in [1.29, 1.82) is 0 Å². The molecule has 118 valence electrons. The van der Waals surface area contributed by atoms with Gasteiger partial charge < -0.3 is 22.8 Å². The highest BCUT2D eigenvalue weighted by Gasteiger charge is 2.40. The van der Waals surface area contributed by atoms with Crippen molar-refractivity contribution in [3.63, 3.8) is 0 Å². The number of rotatable bonds is 12. The van der Waals surface area contributed by atoms with Crippen LogP contribution in [0.1, 0.15) is 34.1 Å². The summed E-state index contributed by atoms with van der Waals surface area (Å²) in [6.45, 7) is 11.1. The lowest BCUT2D eigenvalue weighted by Crippen LogP contribution is -2.46. The second-order valence-electron chi connectivity index (χ2n) is 4.50. The van der Waals surface area contributed by atoms with Crippen LogP contribution in [0.25, 0.3) is 0 Å². The fourth-order valence-electron chi connectivity index (χ4n) is 1.94. The Hall–Kier alpha value is -0.403. The van der Waals surface area contributed by atoms with Gasteiger partial charge in [0.1, 0.15) is 12.7 Å². The third kappa shape index (κ3) is 6.36. The van der Waals surface area contributed by atoms with Crippen LogP contribution in [0.2, 0.25) is 6.04 Å². The van der Waals surface area contributed by atoms with E-state index in [1.165, 1.54) is 0 Å². The summed E-state index contributed by atoms with van der Waals surface area (Å²) < 4.78 is 28.4. The molecule has 0 amide bonds. The van der Waals surface area contributed by atoms with E-state index in [1.807, 2.05) is 33.8 Å². The van der Waals surface area contributed by atoms with Crippen molar-refractivity contribution in [3.8, 4) is 0 Å². The molecule has 5 nitrogen and oxygen atoms in total. The standard InChI is InChI=1S/C14H28O5Si/c1-5-13(15-11-14-12-16-14)9-10-20(17-6-2,18-7-3)19-8-4/h5,14H,6-12H2,1-4H3. The molecule has 0 aromatic rings. The van der Waals surface area contributed by atoms with Crippen LogP contribution in [0.15, 0.2) is 11.8 Å². The highest BCUT2D eigenvalue weighted by molar-refractivity contribution is 6.60. The fraction of sp³-hybridized carbons (Fsp3) is 0.857. The van der Waals surface area contributed by atoms with Gasteiger partial charge in [-0.2, -0.15) is 0 Å². The summed E-state index contributed by atoms with van der Waals surface area (Å²) >= 11 is 0. The third-order valence-corrected chi connectivity index (χ3v) is 6.00. The molecule has 20 heavy (non-hydrogen) atoms. The summed E-state index contributed by atoms with van der Waals surface area (Å²) in [5, 5.41) is 0. The molecule has 1 atom stereocenters. The minimum absolute atomic E-state index is 0.276. The first-order chi connectivity index (χ1) is 9.69. The van der Waals surface area contributed by atoms with E-state index in [4.69, 9.17) is 22.8 Å². The Bertz CT molecular complexity index is 274. The normalized spacial score (nSPS) is 19.2. The molecule has 6 heteroatoms. The highest BCUT2D eigenvalue weighted by Crippen LogP contribution is 2.22. The molecule has 1 rings (SSSR count). The van der Waals surface area contributed by atoms with Crippen LogP contribution >= 0.6 is 0 Å². The minimum atomic E-state index is -2.57. The van der Waals surface area contributed by atoms with Crippen LogP contribution in [-0.4, -0.2) is 47.9 Å². The average Bonchev–Trinajstić information content (AvgIpc) is 3.24. The number of ether oxygens (including phenoxy) is 2. The van der Waals surface area contributed by atoms with E-state index in [9.17, 15) is 0 Å². The quantitative estimate of drug-likeness (QED) is 0.315. The SMILES string of the molecule is CC=C(CC[Si](OCC)(OCC)OCC)OCC1CO1. The predicted molar refractivity (Wildman–Crippen MR) is 79.5 cm³/mol. The maximum Gasteiger partial charge on any atom is 0.501 e. The molecular formula is C14H28O5Si. The molecular weight excluding hydrogens is 276 g/mol. The molecule has 0 N–H and O–H groups in total. The van der Waals surface area contributed by atoms with Gasteiger partial charge in [0, 0.05) is 32.3 Å². The van der Waals surface area contributed by atoms with E-state index in [0.717, 1.165) is 24.8 Å². The van der Waals surface area contributed by atoms with Crippen LogP contribution in [-0.2, 0) is 22.8 Å². The molecule has 1 fully saturated rings. The Balaban J connectivity index is 2.48. The maximum atomic E-state index is 5.83. The zero-order valence-corrected chi connectivity index (χ0v) is 14.1. The van der Waals surface area contributed by atoms with Crippen molar-refractivity contribution in [2.24, 2.45) is 0 Å². The van der Waals surface area contributed by atoms with Gasteiger partial charge in [-0.25, -0.2) is 0 Å². The van der Waals surface area contributed by atoms with Gasteiger partial charge in [0.2, 0.25) is 0 Å². The molecule has 1 aliphatic rings. The number of hydrogen-bond donors (Lipinski definition) is 0. The van der Waals surface area contributed by atoms with Crippen molar-refractivity contribution >= 4 is 8.80 Å². The van der Waals surface area contributed by atoms with Crippen molar-refractivity contribution in [2.45, 2.75) is 46.3 Å². The van der Waals surface area contributed by atoms with Gasteiger partial charge in [-0.05, 0) is 33.8 Å². The lowest BCUT2D eigenvalue weighted by molar-refractivity contribution is 0.0695. The van der Waals surface area contributed by atoms with Crippen LogP contribution in [0.4, 0.5) is 0 Å². The summed E-state index contributed by atoms with van der Waals surface area (Å²) in [5.41, 5.74) is 0. The maximum absolute atomic E-state index is 5.83. The zero-order valence-electron chi connectivity index (χ0n) is 13.1. The molecule has 0 aromatic carbocycles. The Morgan fingerprint density at radius 1 is 1.15 bits per heavy atom. The van der Waals surface area contributed by atoms with E-state index >= 15 is 0 Å². The van der Waals surface area contributed by atoms with Crippen molar-refractivity contribution in [3.05, 3.63) is 11.8 Å². The second kappa shape index (κ2) is 9.52. The van der Waals surface area contributed by atoms with E-state index in [-0.39, 0.29) is 6.10 Å². The molecule has 0 radical (unpaired) electrons. The minimum Gasteiger partial charge on any atom is -0.495 e. The molecule has 1 unspecified atom stereocenters.